The van der Waals surface area contributed by atoms with Crippen LogP contribution in [0.2, 0.25) is 0 Å². The minimum absolute atomic E-state index is 0.757. The second kappa shape index (κ2) is 2.21. The minimum Gasteiger partial charge on any atom is -0.386 e. The van der Waals surface area contributed by atoms with E-state index in [1.807, 2.05) is 6.92 Å². The maximum atomic E-state index is 3.77. The molecule has 1 nitrogen and oxygen atoms in total. The van der Waals surface area contributed by atoms with Gasteiger partial charge in [0.2, 0.25) is 0 Å². The second-order valence-electron chi connectivity index (χ2n) is 2.55. The summed E-state index contributed by atoms with van der Waals surface area (Å²) in [5, 5.41) is 3.28. The first-order chi connectivity index (χ1) is 3.79. The van der Waals surface area contributed by atoms with Crippen LogP contribution in [0.3, 0.4) is 0 Å². The van der Waals surface area contributed by atoms with Crippen molar-refractivity contribution in [3.8, 4) is 0 Å². The Bertz CT molecular complexity index is 92.6. The third-order valence-electron chi connectivity index (χ3n) is 1.56. The van der Waals surface area contributed by atoms with E-state index in [4.69, 9.17) is 0 Å². The summed E-state index contributed by atoms with van der Waals surface area (Å²) in [5.41, 5.74) is 1.11. The van der Waals surface area contributed by atoms with Gasteiger partial charge in [0.05, 0.1) is 0 Å². The Labute approximate surface area is 50.8 Å². The van der Waals surface area contributed by atoms with Crippen LogP contribution in [-0.4, -0.2) is 6.04 Å². The SMILES string of the molecule is C=C(C)NC1CCC1. The fourth-order valence-electron chi connectivity index (χ4n) is 0.901. The van der Waals surface area contributed by atoms with E-state index in [0.29, 0.717) is 0 Å². The van der Waals surface area contributed by atoms with Gasteiger partial charge < -0.3 is 5.32 Å². The maximum absolute atomic E-state index is 3.77. The highest BCUT2D eigenvalue weighted by Crippen LogP contribution is 2.18. The Balaban J connectivity index is 2.09. The number of nitrogens with one attached hydrogen (secondary N) is 1. The first kappa shape index (κ1) is 5.67. The van der Waals surface area contributed by atoms with Crippen LogP contribution in [0.4, 0.5) is 0 Å². The third-order valence-corrected chi connectivity index (χ3v) is 1.56. The van der Waals surface area contributed by atoms with Crippen molar-refractivity contribution in [3.63, 3.8) is 0 Å². The van der Waals surface area contributed by atoms with Crippen molar-refractivity contribution in [2.45, 2.75) is 32.2 Å². The Morgan fingerprint density at radius 3 is 2.38 bits per heavy atom. The van der Waals surface area contributed by atoms with E-state index >= 15 is 0 Å². The van der Waals surface area contributed by atoms with Crippen molar-refractivity contribution in [1.29, 1.82) is 0 Å². The molecule has 1 fully saturated rings. The van der Waals surface area contributed by atoms with Gasteiger partial charge in [0, 0.05) is 11.7 Å². The molecule has 0 aromatic rings. The molecule has 1 N–H and O–H groups in total. The number of allylic oxidation sites excluding steroid dienone is 1. The molecule has 0 aliphatic heterocycles. The normalized spacial score (nSPS) is 19.6. The molecule has 1 aliphatic carbocycles. The van der Waals surface area contributed by atoms with Crippen LogP contribution < -0.4 is 5.32 Å². The highest BCUT2D eigenvalue weighted by Gasteiger charge is 2.15. The van der Waals surface area contributed by atoms with E-state index in [9.17, 15) is 0 Å². The molecule has 8 heavy (non-hydrogen) atoms. The molecule has 0 heterocycles. The van der Waals surface area contributed by atoms with Crippen molar-refractivity contribution in [1.82, 2.24) is 5.32 Å². The van der Waals surface area contributed by atoms with E-state index in [1.54, 1.807) is 0 Å². The predicted molar refractivity (Wildman–Crippen MR) is 35.6 cm³/mol. The molecule has 0 atom stereocenters. The van der Waals surface area contributed by atoms with Gasteiger partial charge in [0.1, 0.15) is 0 Å². The van der Waals surface area contributed by atoms with Gasteiger partial charge in [-0.15, -0.1) is 0 Å². The molecule has 0 spiro atoms. The van der Waals surface area contributed by atoms with Crippen molar-refractivity contribution < 1.29 is 0 Å². The Morgan fingerprint density at radius 2 is 2.25 bits per heavy atom. The van der Waals surface area contributed by atoms with Crippen molar-refractivity contribution >= 4 is 0 Å². The number of rotatable bonds is 2. The lowest BCUT2D eigenvalue weighted by atomic mass is 9.93. The molecule has 0 amide bonds. The summed E-state index contributed by atoms with van der Waals surface area (Å²) in [6.45, 7) is 5.78. The average Bonchev–Trinajstić information content (AvgIpc) is 1.55. The van der Waals surface area contributed by atoms with Crippen LogP contribution in [0.5, 0.6) is 0 Å². The van der Waals surface area contributed by atoms with Crippen molar-refractivity contribution in [2.24, 2.45) is 0 Å². The summed E-state index contributed by atoms with van der Waals surface area (Å²) in [6, 6.07) is 0.757. The van der Waals surface area contributed by atoms with E-state index < -0.39 is 0 Å². The molecular formula is C7H13N. The van der Waals surface area contributed by atoms with E-state index in [0.717, 1.165) is 11.7 Å². The molecule has 0 saturated heterocycles. The summed E-state index contributed by atoms with van der Waals surface area (Å²) in [7, 11) is 0. The molecular weight excluding hydrogens is 98.1 g/mol. The summed E-state index contributed by atoms with van der Waals surface area (Å²) >= 11 is 0. The second-order valence-corrected chi connectivity index (χ2v) is 2.55. The molecule has 46 valence electrons. The lowest BCUT2D eigenvalue weighted by Crippen LogP contribution is -2.33. The van der Waals surface area contributed by atoms with Gasteiger partial charge >= 0.3 is 0 Å². The fourth-order valence-corrected chi connectivity index (χ4v) is 0.901. The Morgan fingerprint density at radius 1 is 1.62 bits per heavy atom. The molecule has 1 heteroatoms. The highest BCUT2D eigenvalue weighted by atomic mass is 14.9. The van der Waals surface area contributed by atoms with Gasteiger partial charge in [-0.2, -0.15) is 0 Å². The largest absolute Gasteiger partial charge is 0.386 e. The first-order valence-electron chi connectivity index (χ1n) is 3.21. The molecule has 1 aliphatic rings. The van der Waals surface area contributed by atoms with Crippen LogP contribution in [0, 0.1) is 0 Å². The van der Waals surface area contributed by atoms with Gasteiger partial charge in [-0.1, -0.05) is 6.58 Å². The zero-order chi connectivity index (χ0) is 5.98. The fraction of sp³-hybridized carbons (Fsp3) is 0.714. The standard InChI is InChI=1S/C7H13N/c1-6(2)8-7-4-3-5-7/h7-8H,1,3-5H2,2H3. The summed E-state index contributed by atoms with van der Waals surface area (Å²) in [5.74, 6) is 0. The Kier molecular flexibility index (Phi) is 1.56. The average molecular weight is 111 g/mol. The number of hydrogen-bond donors (Lipinski definition) is 1. The predicted octanol–water partition coefficient (Wildman–Crippen LogP) is 1.66. The quantitative estimate of drug-likeness (QED) is 0.571. The molecule has 0 unspecified atom stereocenters. The molecule has 0 radical (unpaired) electrons. The monoisotopic (exact) mass is 111 g/mol. The molecule has 0 bridgehead atoms. The van der Waals surface area contributed by atoms with Gasteiger partial charge in [-0.05, 0) is 26.2 Å². The van der Waals surface area contributed by atoms with Crippen molar-refractivity contribution in [3.05, 3.63) is 12.3 Å². The lowest BCUT2D eigenvalue weighted by Gasteiger charge is -2.27. The smallest absolute Gasteiger partial charge is 0.0258 e. The van der Waals surface area contributed by atoms with Gasteiger partial charge in [-0.3, -0.25) is 0 Å². The zero-order valence-corrected chi connectivity index (χ0v) is 5.41. The summed E-state index contributed by atoms with van der Waals surface area (Å²) in [4.78, 5) is 0. The van der Waals surface area contributed by atoms with Crippen LogP contribution >= 0.6 is 0 Å². The number of hydrogen-bond acceptors (Lipinski definition) is 1. The van der Waals surface area contributed by atoms with E-state index in [1.165, 1.54) is 19.3 Å². The topological polar surface area (TPSA) is 12.0 Å². The Hall–Kier alpha value is -0.460. The van der Waals surface area contributed by atoms with Crippen LogP contribution in [0.15, 0.2) is 12.3 Å². The first-order valence-corrected chi connectivity index (χ1v) is 3.21. The maximum Gasteiger partial charge on any atom is 0.0258 e. The molecule has 1 saturated carbocycles. The molecule has 0 aromatic heterocycles. The van der Waals surface area contributed by atoms with Crippen LogP contribution in [0.1, 0.15) is 26.2 Å². The summed E-state index contributed by atoms with van der Waals surface area (Å²) in [6.07, 6.45) is 4.07. The van der Waals surface area contributed by atoms with Crippen molar-refractivity contribution in [2.75, 3.05) is 0 Å². The zero-order valence-electron chi connectivity index (χ0n) is 5.41. The van der Waals surface area contributed by atoms with E-state index in [2.05, 4.69) is 11.9 Å². The van der Waals surface area contributed by atoms with Gasteiger partial charge in [0.15, 0.2) is 0 Å². The van der Waals surface area contributed by atoms with Gasteiger partial charge in [-0.25, -0.2) is 0 Å². The lowest BCUT2D eigenvalue weighted by molar-refractivity contribution is 0.365. The third kappa shape index (κ3) is 1.25. The summed E-state index contributed by atoms with van der Waals surface area (Å²) < 4.78 is 0. The van der Waals surface area contributed by atoms with Crippen LogP contribution in [-0.2, 0) is 0 Å². The van der Waals surface area contributed by atoms with E-state index in [-0.39, 0.29) is 0 Å². The molecule has 0 aromatic carbocycles. The molecule has 1 rings (SSSR count). The minimum atomic E-state index is 0.757. The van der Waals surface area contributed by atoms with Crippen LogP contribution in [0.25, 0.3) is 0 Å². The van der Waals surface area contributed by atoms with Gasteiger partial charge in [0.25, 0.3) is 0 Å². The highest BCUT2D eigenvalue weighted by molar-refractivity contribution is 4.91.